The molecule has 0 aromatic heterocycles. The second-order valence-corrected chi connectivity index (χ2v) is 4.71. The van der Waals surface area contributed by atoms with Crippen molar-refractivity contribution >= 4 is 12.0 Å². The third-order valence-corrected chi connectivity index (χ3v) is 2.90. The van der Waals surface area contributed by atoms with Crippen LogP contribution in [0, 0.1) is 0 Å². The summed E-state index contributed by atoms with van der Waals surface area (Å²) in [6.07, 6.45) is 0.807. The van der Waals surface area contributed by atoms with Crippen LogP contribution in [0.4, 0.5) is 4.79 Å². The van der Waals surface area contributed by atoms with E-state index in [2.05, 4.69) is 15.5 Å². The van der Waals surface area contributed by atoms with Crippen molar-refractivity contribution in [3.05, 3.63) is 0 Å². The Balaban J connectivity index is 2.01. The lowest BCUT2D eigenvalue weighted by Crippen LogP contribution is -2.43. The average molecular weight is 273 g/mol. The van der Waals surface area contributed by atoms with E-state index in [0.29, 0.717) is 6.54 Å². The lowest BCUT2D eigenvalue weighted by molar-refractivity contribution is -0.137. The van der Waals surface area contributed by atoms with Gasteiger partial charge < -0.3 is 20.5 Å². The summed E-state index contributed by atoms with van der Waals surface area (Å²) in [5.41, 5.74) is 0. The van der Waals surface area contributed by atoms with Crippen molar-refractivity contribution in [1.29, 1.82) is 0 Å². The first-order valence-corrected chi connectivity index (χ1v) is 6.64. The van der Waals surface area contributed by atoms with Gasteiger partial charge in [-0.05, 0) is 19.9 Å². The molecule has 7 nitrogen and oxygen atoms in total. The van der Waals surface area contributed by atoms with Gasteiger partial charge in [0.05, 0.1) is 19.6 Å². The molecule has 1 saturated heterocycles. The minimum atomic E-state index is -0.917. The molecule has 1 atom stereocenters. The smallest absolute Gasteiger partial charge is 0.315 e. The highest BCUT2D eigenvalue weighted by molar-refractivity contribution is 5.75. The molecule has 0 radical (unpaired) electrons. The van der Waals surface area contributed by atoms with E-state index < -0.39 is 5.97 Å². The normalized spacial score (nSPS) is 17.7. The van der Waals surface area contributed by atoms with Crippen LogP contribution >= 0.6 is 0 Å². The molecule has 1 aliphatic rings. The van der Waals surface area contributed by atoms with Crippen LogP contribution in [-0.4, -0.2) is 67.4 Å². The van der Waals surface area contributed by atoms with Crippen molar-refractivity contribution in [2.45, 2.75) is 25.8 Å². The van der Waals surface area contributed by atoms with Crippen LogP contribution in [0.2, 0.25) is 0 Å². The highest BCUT2D eigenvalue weighted by atomic mass is 16.5. The summed E-state index contributed by atoms with van der Waals surface area (Å²) in [6, 6.07) is -0.674. The highest BCUT2D eigenvalue weighted by Crippen LogP contribution is 1.97. The van der Waals surface area contributed by atoms with Crippen molar-refractivity contribution in [3.63, 3.8) is 0 Å². The van der Waals surface area contributed by atoms with Gasteiger partial charge in [0.1, 0.15) is 0 Å². The van der Waals surface area contributed by atoms with Gasteiger partial charge in [0.2, 0.25) is 0 Å². The van der Waals surface area contributed by atoms with Gasteiger partial charge in [-0.3, -0.25) is 9.69 Å². The summed E-state index contributed by atoms with van der Waals surface area (Å²) in [4.78, 5) is 24.2. The summed E-state index contributed by atoms with van der Waals surface area (Å²) >= 11 is 0. The van der Waals surface area contributed by atoms with Gasteiger partial charge in [0.25, 0.3) is 0 Å². The molecule has 0 bridgehead atoms. The molecule has 2 amide bonds. The van der Waals surface area contributed by atoms with E-state index in [0.717, 1.165) is 39.3 Å². The van der Waals surface area contributed by atoms with Gasteiger partial charge in [-0.1, -0.05) is 0 Å². The van der Waals surface area contributed by atoms with Gasteiger partial charge in [-0.15, -0.1) is 0 Å². The minimum Gasteiger partial charge on any atom is -0.481 e. The first kappa shape index (κ1) is 15.7. The number of rotatable bonds is 7. The number of ether oxygens (including phenoxy) is 1. The molecule has 3 N–H and O–H groups in total. The molecule has 1 aliphatic heterocycles. The number of hydrogen-bond donors (Lipinski definition) is 3. The lowest BCUT2D eigenvalue weighted by atomic mass is 10.2. The van der Waals surface area contributed by atoms with E-state index >= 15 is 0 Å². The van der Waals surface area contributed by atoms with E-state index in [1.54, 1.807) is 6.92 Å². The van der Waals surface area contributed by atoms with Gasteiger partial charge >= 0.3 is 12.0 Å². The number of carbonyl (C=O) groups excluding carboxylic acids is 1. The number of nitrogens with one attached hydrogen (secondary N) is 2. The van der Waals surface area contributed by atoms with Crippen molar-refractivity contribution in [2.75, 3.05) is 39.4 Å². The molecule has 0 aromatic carbocycles. The van der Waals surface area contributed by atoms with Crippen molar-refractivity contribution < 1.29 is 19.4 Å². The molecule has 0 aliphatic carbocycles. The van der Waals surface area contributed by atoms with E-state index in [1.165, 1.54) is 0 Å². The van der Waals surface area contributed by atoms with E-state index in [4.69, 9.17) is 9.84 Å². The quantitative estimate of drug-likeness (QED) is 0.562. The first-order chi connectivity index (χ1) is 9.08. The number of carboxylic acid groups (broad SMARTS) is 1. The van der Waals surface area contributed by atoms with Crippen LogP contribution < -0.4 is 10.6 Å². The Morgan fingerprint density at radius 3 is 2.68 bits per heavy atom. The van der Waals surface area contributed by atoms with E-state index in [-0.39, 0.29) is 18.5 Å². The first-order valence-electron chi connectivity index (χ1n) is 6.64. The SMILES string of the molecule is CC(CC(=O)O)NC(=O)NCCCN1CCOCC1. The lowest BCUT2D eigenvalue weighted by Gasteiger charge is -2.26. The maximum Gasteiger partial charge on any atom is 0.315 e. The Kier molecular flexibility index (Phi) is 7.20. The number of hydrogen-bond acceptors (Lipinski definition) is 4. The van der Waals surface area contributed by atoms with Crippen molar-refractivity contribution in [1.82, 2.24) is 15.5 Å². The van der Waals surface area contributed by atoms with Crippen LogP contribution in [0.3, 0.4) is 0 Å². The van der Waals surface area contributed by atoms with Crippen LogP contribution in [-0.2, 0) is 9.53 Å². The van der Waals surface area contributed by atoms with Crippen molar-refractivity contribution in [3.8, 4) is 0 Å². The van der Waals surface area contributed by atoms with Gasteiger partial charge in [-0.25, -0.2) is 4.79 Å². The molecule has 0 aromatic rings. The van der Waals surface area contributed by atoms with Gasteiger partial charge in [0, 0.05) is 25.7 Å². The van der Waals surface area contributed by atoms with E-state index in [9.17, 15) is 9.59 Å². The summed E-state index contributed by atoms with van der Waals surface area (Å²) in [7, 11) is 0. The fraction of sp³-hybridized carbons (Fsp3) is 0.833. The number of morpholine rings is 1. The number of carboxylic acids is 1. The minimum absolute atomic E-state index is 0.0683. The zero-order chi connectivity index (χ0) is 14.1. The number of carbonyl (C=O) groups is 2. The topological polar surface area (TPSA) is 90.9 Å². The van der Waals surface area contributed by atoms with Crippen LogP contribution in [0.15, 0.2) is 0 Å². The molecule has 1 unspecified atom stereocenters. The maximum absolute atomic E-state index is 11.4. The standard InChI is InChI=1S/C12H23N3O4/c1-10(9-11(16)17)14-12(18)13-3-2-4-15-5-7-19-8-6-15/h10H,2-9H2,1H3,(H,16,17)(H2,13,14,18). The monoisotopic (exact) mass is 273 g/mol. The molecule has 1 fully saturated rings. The largest absolute Gasteiger partial charge is 0.481 e. The van der Waals surface area contributed by atoms with Crippen LogP contribution in [0.1, 0.15) is 19.8 Å². The molecule has 0 spiro atoms. The number of amides is 2. The zero-order valence-corrected chi connectivity index (χ0v) is 11.4. The summed E-state index contributed by atoms with van der Waals surface area (Å²) in [6.45, 7) is 6.64. The fourth-order valence-corrected chi connectivity index (χ4v) is 1.92. The van der Waals surface area contributed by atoms with Gasteiger partial charge in [-0.2, -0.15) is 0 Å². The second kappa shape index (κ2) is 8.71. The Labute approximate surface area is 113 Å². The summed E-state index contributed by atoms with van der Waals surface area (Å²) in [5.74, 6) is -0.917. The molecular formula is C12H23N3O4. The maximum atomic E-state index is 11.4. The molecule has 19 heavy (non-hydrogen) atoms. The van der Waals surface area contributed by atoms with Crippen LogP contribution in [0.25, 0.3) is 0 Å². The van der Waals surface area contributed by atoms with Crippen molar-refractivity contribution in [2.24, 2.45) is 0 Å². The Bertz CT molecular complexity index is 293. The molecular weight excluding hydrogens is 250 g/mol. The summed E-state index contributed by atoms with van der Waals surface area (Å²) in [5, 5.41) is 13.9. The third kappa shape index (κ3) is 7.63. The predicted octanol–water partition coefficient (Wildman–Crippen LogP) is -0.129. The van der Waals surface area contributed by atoms with Crippen LogP contribution in [0.5, 0.6) is 0 Å². The Hall–Kier alpha value is -1.34. The highest BCUT2D eigenvalue weighted by Gasteiger charge is 2.11. The number of nitrogens with zero attached hydrogens (tertiary/aromatic N) is 1. The third-order valence-electron chi connectivity index (χ3n) is 2.90. The van der Waals surface area contributed by atoms with E-state index in [1.807, 2.05) is 0 Å². The molecule has 110 valence electrons. The summed E-state index contributed by atoms with van der Waals surface area (Å²) < 4.78 is 5.25. The molecule has 7 heteroatoms. The Morgan fingerprint density at radius 2 is 2.05 bits per heavy atom. The molecule has 0 saturated carbocycles. The molecule has 1 heterocycles. The predicted molar refractivity (Wildman–Crippen MR) is 70.1 cm³/mol. The Morgan fingerprint density at radius 1 is 1.37 bits per heavy atom. The second-order valence-electron chi connectivity index (χ2n) is 4.71. The molecule has 1 rings (SSSR count). The number of urea groups is 1. The fourth-order valence-electron chi connectivity index (χ4n) is 1.92. The average Bonchev–Trinajstić information content (AvgIpc) is 2.35. The zero-order valence-electron chi connectivity index (χ0n) is 11.4. The number of aliphatic carboxylic acids is 1. The van der Waals surface area contributed by atoms with Gasteiger partial charge in [0.15, 0.2) is 0 Å².